The summed E-state index contributed by atoms with van der Waals surface area (Å²) >= 11 is 0. The Labute approximate surface area is 135 Å². The number of anilines is 1. The maximum atomic E-state index is 11.3. The Bertz CT molecular complexity index is 505. The summed E-state index contributed by atoms with van der Waals surface area (Å²) in [5, 5.41) is 11.3. The molecule has 1 saturated heterocycles. The van der Waals surface area contributed by atoms with Crippen LogP contribution in [-0.4, -0.2) is 64.8 Å². The second-order valence-corrected chi connectivity index (χ2v) is 4.96. The summed E-state index contributed by atoms with van der Waals surface area (Å²) in [6.45, 7) is 4.21. The van der Waals surface area contributed by atoms with E-state index in [0.29, 0.717) is 64.2 Å². The van der Waals surface area contributed by atoms with Crippen molar-refractivity contribution in [2.24, 2.45) is 0 Å². The van der Waals surface area contributed by atoms with Gasteiger partial charge >= 0.3 is 0 Å². The number of nitro benzene ring substituents is 1. The summed E-state index contributed by atoms with van der Waals surface area (Å²) in [4.78, 5) is 12.9. The van der Waals surface area contributed by atoms with Crippen LogP contribution >= 0.6 is 0 Å². The highest BCUT2D eigenvalue weighted by Crippen LogP contribution is 2.32. The molecule has 1 aromatic rings. The van der Waals surface area contributed by atoms with E-state index < -0.39 is 0 Å². The molecule has 1 heterocycles. The average molecular weight is 326 g/mol. The summed E-state index contributed by atoms with van der Waals surface area (Å²) in [5.41, 5.74) is 0.645. The van der Waals surface area contributed by atoms with E-state index in [-0.39, 0.29) is 10.6 Å². The minimum Gasteiger partial charge on any atom is -0.491 e. The molecule has 0 bridgehead atoms. The third-order valence-corrected chi connectivity index (χ3v) is 3.42. The number of nitro groups is 1. The molecule has 0 aliphatic carbocycles. The van der Waals surface area contributed by atoms with E-state index in [1.54, 1.807) is 19.2 Å². The number of benzene rings is 1. The highest BCUT2D eigenvalue weighted by atomic mass is 16.6. The van der Waals surface area contributed by atoms with Crippen molar-refractivity contribution in [3.05, 3.63) is 28.3 Å². The quantitative estimate of drug-likeness (QED) is 0.386. The molecular formula is C15H22N2O6. The number of hydrogen-bond donors (Lipinski definition) is 0. The first-order chi connectivity index (χ1) is 11.2. The lowest BCUT2D eigenvalue weighted by Crippen LogP contribution is -2.36. The monoisotopic (exact) mass is 326 g/mol. The topological polar surface area (TPSA) is 83.3 Å². The third kappa shape index (κ3) is 5.34. The summed E-state index contributed by atoms with van der Waals surface area (Å²) in [7, 11) is 1.61. The Morgan fingerprint density at radius 3 is 2.65 bits per heavy atom. The van der Waals surface area contributed by atoms with Crippen LogP contribution in [0.3, 0.4) is 0 Å². The van der Waals surface area contributed by atoms with Gasteiger partial charge in [0.2, 0.25) is 0 Å². The number of methoxy groups -OCH3 is 1. The van der Waals surface area contributed by atoms with Crippen molar-refractivity contribution in [2.75, 3.05) is 64.7 Å². The molecular weight excluding hydrogens is 304 g/mol. The average Bonchev–Trinajstić information content (AvgIpc) is 2.58. The number of ether oxygens (including phenoxy) is 4. The fraction of sp³-hybridized carbons (Fsp3) is 0.600. The third-order valence-electron chi connectivity index (χ3n) is 3.42. The summed E-state index contributed by atoms with van der Waals surface area (Å²) < 4.78 is 20.9. The molecule has 0 atom stereocenters. The molecule has 0 amide bonds. The van der Waals surface area contributed by atoms with Crippen LogP contribution in [0, 0.1) is 10.1 Å². The van der Waals surface area contributed by atoms with Crippen LogP contribution in [0.1, 0.15) is 0 Å². The second-order valence-electron chi connectivity index (χ2n) is 4.96. The summed E-state index contributed by atoms with van der Waals surface area (Å²) in [6.07, 6.45) is 0. The first-order valence-corrected chi connectivity index (χ1v) is 7.53. The smallest absolute Gasteiger partial charge is 0.296 e. The maximum absolute atomic E-state index is 11.3. The molecule has 128 valence electrons. The van der Waals surface area contributed by atoms with Gasteiger partial charge in [0.15, 0.2) is 0 Å². The van der Waals surface area contributed by atoms with E-state index in [1.807, 2.05) is 4.90 Å². The molecule has 0 N–H and O–H groups in total. The van der Waals surface area contributed by atoms with Crippen LogP contribution in [-0.2, 0) is 14.2 Å². The highest BCUT2D eigenvalue weighted by molar-refractivity contribution is 5.65. The number of nitrogens with zero attached hydrogens (tertiary/aromatic N) is 2. The van der Waals surface area contributed by atoms with E-state index in [0.717, 1.165) is 0 Å². The second kappa shape index (κ2) is 9.29. The predicted molar refractivity (Wildman–Crippen MR) is 84.3 cm³/mol. The van der Waals surface area contributed by atoms with Gasteiger partial charge in [0.05, 0.1) is 44.0 Å². The van der Waals surface area contributed by atoms with Gasteiger partial charge in [-0.05, 0) is 12.1 Å². The highest BCUT2D eigenvalue weighted by Gasteiger charge is 2.22. The molecule has 0 aromatic heterocycles. The molecule has 2 rings (SSSR count). The van der Waals surface area contributed by atoms with Gasteiger partial charge in [-0.3, -0.25) is 10.1 Å². The predicted octanol–water partition coefficient (Wildman–Crippen LogP) is 1.47. The van der Waals surface area contributed by atoms with Crippen LogP contribution in [0.4, 0.5) is 11.4 Å². The van der Waals surface area contributed by atoms with Crippen LogP contribution < -0.4 is 9.64 Å². The zero-order chi connectivity index (χ0) is 16.5. The van der Waals surface area contributed by atoms with Gasteiger partial charge in [-0.25, -0.2) is 0 Å². The molecule has 0 spiro atoms. The van der Waals surface area contributed by atoms with E-state index in [2.05, 4.69) is 0 Å². The van der Waals surface area contributed by atoms with Gasteiger partial charge in [-0.2, -0.15) is 0 Å². The minimum atomic E-state index is -0.382. The van der Waals surface area contributed by atoms with Crippen molar-refractivity contribution < 1.29 is 23.9 Å². The molecule has 1 aliphatic heterocycles. The van der Waals surface area contributed by atoms with Gasteiger partial charge in [0, 0.05) is 20.2 Å². The lowest BCUT2D eigenvalue weighted by molar-refractivity contribution is -0.384. The van der Waals surface area contributed by atoms with Gasteiger partial charge in [0.25, 0.3) is 5.69 Å². The van der Waals surface area contributed by atoms with Crippen LogP contribution in [0.15, 0.2) is 18.2 Å². The van der Waals surface area contributed by atoms with Gasteiger partial charge in [0.1, 0.15) is 18.0 Å². The van der Waals surface area contributed by atoms with Gasteiger partial charge < -0.3 is 23.8 Å². The standard InChI is InChI=1S/C15H22N2O6/c1-20-8-9-22-10-11-23-13-2-3-14(15(12-13)17(18)19)16-4-6-21-7-5-16/h2-3,12H,4-11H2,1H3. The van der Waals surface area contributed by atoms with Crippen molar-refractivity contribution in [1.82, 2.24) is 0 Å². The van der Waals surface area contributed by atoms with E-state index in [4.69, 9.17) is 18.9 Å². The Kier molecular flexibility index (Phi) is 7.05. The number of rotatable bonds is 9. The maximum Gasteiger partial charge on any atom is 0.296 e. The van der Waals surface area contributed by atoms with Crippen molar-refractivity contribution in [1.29, 1.82) is 0 Å². The lowest BCUT2D eigenvalue weighted by Gasteiger charge is -2.28. The van der Waals surface area contributed by atoms with Crippen molar-refractivity contribution in [3.63, 3.8) is 0 Å². The summed E-state index contributed by atoms with van der Waals surface area (Å²) in [5.74, 6) is 0.462. The Morgan fingerprint density at radius 1 is 1.22 bits per heavy atom. The van der Waals surface area contributed by atoms with E-state index >= 15 is 0 Å². The van der Waals surface area contributed by atoms with Crippen molar-refractivity contribution in [3.8, 4) is 5.75 Å². The van der Waals surface area contributed by atoms with E-state index in [1.165, 1.54) is 6.07 Å². The Morgan fingerprint density at radius 2 is 1.96 bits per heavy atom. The Hall–Kier alpha value is -1.90. The minimum absolute atomic E-state index is 0.0460. The largest absolute Gasteiger partial charge is 0.491 e. The van der Waals surface area contributed by atoms with Crippen LogP contribution in [0.2, 0.25) is 0 Å². The fourth-order valence-electron chi connectivity index (χ4n) is 2.27. The van der Waals surface area contributed by atoms with Gasteiger partial charge in [-0.15, -0.1) is 0 Å². The summed E-state index contributed by atoms with van der Waals surface area (Å²) in [6, 6.07) is 4.93. The van der Waals surface area contributed by atoms with Crippen LogP contribution in [0.5, 0.6) is 5.75 Å². The molecule has 1 aliphatic rings. The molecule has 0 unspecified atom stereocenters. The first kappa shape index (κ1) is 17.5. The zero-order valence-electron chi connectivity index (χ0n) is 13.2. The Balaban J connectivity index is 1.94. The lowest BCUT2D eigenvalue weighted by atomic mass is 10.2. The van der Waals surface area contributed by atoms with Crippen LogP contribution in [0.25, 0.3) is 0 Å². The molecule has 23 heavy (non-hydrogen) atoms. The normalized spacial score (nSPS) is 14.7. The number of hydrogen-bond acceptors (Lipinski definition) is 7. The molecule has 1 aromatic carbocycles. The fourth-order valence-corrected chi connectivity index (χ4v) is 2.27. The SMILES string of the molecule is COCCOCCOc1ccc(N2CCOCC2)c([N+](=O)[O-])c1. The zero-order valence-corrected chi connectivity index (χ0v) is 13.2. The van der Waals surface area contributed by atoms with Crippen molar-refractivity contribution in [2.45, 2.75) is 0 Å². The molecule has 0 radical (unpaired) electrons. The van der Waals surface area contributed by atoms with Crippen molar-refractivity contribution >= 4 is 11.4 Å². The van der Waals surface area contributed by atoms with E-state index in [9.17, 15) is 10.1 Å². The molecule has 8 nitrogen and oxygen atoms in total. The number of morpholine rings is 1. The first-order valence-electron chi connectivity index (χ1n) is 7.53. The van der Waals surface area contributed by atoms with Gasteiger partial charge in [-0.1, -0.05) is 0 Å². The molecule has 8 heteroatoms. The molecule has 1 fully saturated rings. The molecule has 0 saturated carbocycles.